The van der Waals surface area contributed by atoms with Gasteiger partial charge in [0, 0.05) is 11.8 Å². The summed E-state index contributed by atoms with van der Waals surface area (Å²) in [5, 5.41) is 8.56. The summed E-state index contributed by atoms with van der Waals surface area (Å²) < 4.78 is 0. The SMILES string of the molecule is CCCC(CCc1ccc(-c2ccccc2)cc1)C(=O)/C(C)=N/N=C(\C)C(=O)C(CCC)CCc1ccc(-c2ccccc2)cc1. The van der Waals surface area contributed by atoms with Gasteiger partial charge in [0.25, 0.3) is 0 Å². The summed E-state index contributed by atoms with van der Waals surface area (Å²) in [5.41, 5.74) is 7.96. The van der Waals surface area contributed by atoms with Gasteiger partial charge in [0.2, 0.25) is 0 Å². The van der Waals surface area contributed by atoms with Crippen molar-refractivity contribution < 1.29 is 9.59 Å². The van der Waals surface area contributed by atoms with Gasteiger partial charge in [0.1, 0.15) is 11.4 Å². The molecule has 4 nitrogen and oxygen atoms in total. The molecule has 0 heterocycles. The van der Waals surface area contributed by atoms with E-state index in [2.05, 4.69) is 96.8 Å². The highest BCUT2D eigenvalue weighted by Crippen LogP contribution is 2.24. The van der Waals surface area contributed by atoms with E-state index >= 15 is 0 Å². The van der Waals surface area contributed by atoms with Crippen LogP contribution >= 0.6 is 0 Å². The highest BCUT2D eigenvalue weighted by atomic mass is 16.1. The summed E-state index contributed by atoms with van der Waals surface area (Å²) in [6, 6.07) is 37.9. The van der Waals surface area contributed by atoms with Gasteiger partial charge in [-0.3, -0.25) is 9.59 Å². The van der Waals surface area contributed by atoms with Crippen LogP contribution in [0.25, 0.3) is 22.3 Å². The minimum absolute atomic E-state index is 0.0239. The highest BCUT2D eigenvalue weighted by molar-refractivity contribution is 6.41. The topological polar surface area (TPSA) is 58.9 Å². The monoisotopic (exact) mass is 612 g/mol. The zero-order valence-electron chi connectivity index (χ0n) is 27.9. The van der Waals surface area contributed by atoms with Crippen molar-refractivity contribution in [2.24, 2.45) is 22.0 Å². The molecule has 4 aromatic rings. The van der Waals surface area contributed by atoms with Gasteiger partial charge in [-0.2, -0.15) is 10.2 Å². The van der Waals surface area contributed by atoms with Crippen LogP contribution in [0.3, 0.4) is 0 Å². The number of hydrogen-bond acceptors (Lipinski definition) is 4. The van der Waals surface area contributed by atoms with Crippen molar-refractivity contribution in [1.82, 2.24) is 0 Å². The number of aryl methyl sites for hydroxylation is 2. The number of benzene rings is 4. The van der Waals surface area contributed by atoms with Crippen LogP contribution in [-0.2, 0) is 22.4 Å². The maximum atomic E-state index is 13.4. The minimum Gasteiger partial charge on any atom is -0.292 e. The second kappa shape index (κ2) is 17.9. The molecule has 4 rings (SSSR count). The van der Waals surface area contributed by atoms with Crippen LogP contribution in [0.4, 0.5) is 0 Å². The van der Waals surface area contributed by atoms with E-state index in [-0.39, 0.29) is 23.4 Å². The smallest absolute Gasteiger partial charge is 0.181 e. The molecule has 0 aliphatic rings. The zero-order valence-corrected chi connectivity index (χ0v) is 27.9. The van der Waals surface area contributed by atoms with Crippen molar-refractivity contribution in [3.05, 3.63) is 120 Å². The van der Waals surface area contributed by atoms with E-state index < -0.39 is 0 Å². The third kappa shape index (κ3) is 10.0. The van der Waals surface area contributed by atoms with Crippen LogP contribution in [-0.4, -0.2) is 23.0 Å². The molecule has 0 N–H and O–H groups in total. The molecule has 0 saturated heterocycles. The van der Waals surface area contributed by atoms with E-state index in [1.54, 1.807) is 13.8 Å². The van der Waals surface area contributed by atoms with Crippen molar-refractivity contribution in [1.29, 1.82) is 0 Å². The summed E-state index contributed by atoms with van der Waals surface area (Å²) in [5.74, 6) is -0.184. The summed E-state index contributed by atoms with van der Waals surface area (Å²) in [6.45, 7) is 7.66. The fourth-order valence-corrected chi connectivity index (χ4v) is 6.02. The van der Waals surface area contributed by atoms with Crippen LogP contribution < -0.4 is 0 Å². The maximum absolute atomic E-state index is 13.4. The molecule has 46 heavy (non-hydrogen) atoms. The Labute approximate surface area is 275 Å². The number of carbonyl (C=O) groups is 2. The van der Waals surface area contributed by atoms with Crippen molar-refractivity contribution in [3.63, 3.8) is 0 Å². The van der Waals surface area contributed by atoms with E-state index in [0.29, 0.717) is 11.4 Å². The molecule has 238 valence electrons. The third-order valence-corrected chi connectivity index (χ3v) is 8.76. The molecule has 0 aromatic heterocycles. The lowest BCUT2D eigenvalue weighted by molar-refractivity contribution is -0.117. The molecule has 4 heteroatoms. The lowest BCUT2D eigenvalue weighted by Gasteiger charge is -2.15. The summed E-state index contributed by atoms with van der Waals surface area (Å²) in [6.07, 6.45) is 6.63. The first-order chi connectivity index (χ1) is 22.4. The molecule has 2 atom stereocenters. The Morgan fingerprint density at radius 2 is 0.804 bits per heavy atom. The molecule has 0 fully saturated rings. The van der Waals surface area contributed by atoms with Gasteiger partial charge in [0.05, 0.1) is 0 Å². The minimum atomic E-state index is -0.116. The van der Waals surface area contributed by atoms with Crippen molar-refractivity contribution in [3.8, 4) is 22.3 Å². The molecule has 2 unspecified atom stereocenters. The van der Waals surface area contributed by atoms with Gasteiger partial charge in [-0.25, -0.2) is 0 Å². The lowest BCUT2D eigenvalue weighted by Crippen LogP contribution is -2.24. The number of rotatable bonds is 17. The Morgan fingerprint density at radius 1 is 0.478 bits per heavy atom. The predicted molar refractivity (Wildman–Crippen MR) is 193 cm³/mol. The zero-order chi connectivity index (χ0) is 32.7. The molecule has 0 radical (unpaired) electrons. The summed E-state index contributed by atoms with van der Waals surface area (Å²) in [7, 11) is 0. The van der Waals surface area contributed by atoms with E-state index in [4.69, 9.17) is 0 Å². The van der Waals surface area contributed by atoms with Crippen molar-refractivity contribution in [2.45, 2.75) is 79.1 Å². The molecule has 0 amide bonds. The fourth-order valence-electron chi connectivity index (χ4n) is 6.02. The molecular weight excluding hydrogens is 564 g/mol. The lowest BCUT2D eigenvalue weighted by atomic mass is 9.89. The first-order valence-corrected chi connectivity index (χ1v) is 16.9. The molecule has 0 bridgehead atoms. The molecule has 0 spiro atoms. The largest absolute Gasteiger partial charge is 0.292 e. The first kappa shape index (κ1) is 34.4. The highest BCUT2D eigenvalue weighted by Gasteiger charge is 2.22. The van der Waals surface area contributed by atoms with Gasteiger partial charge >= 0.3 is 0 Å². The fraction of sp³-hybridized carbons (Fsp3) is 0.333. The second-order valence-corrected chi connectivity index (χ2v) is 12.3. The predicted octanol–water partition coefficient (Wildman–Crippen LogP) is 10.4. The van der Waals surface area contributed by atoms with Gasteiger partial charge in [0.15, 0.2) is 11.6 Å². The maximum Gasteiger partial charge on any atom is 0.181 e. The van der Waals surface area contributed by atoms with Gasteiger partial charge in [-0.05, 0) is 85.8 Å². The van der Waals surface area contributed by atoms with Gasteiger partial charge in [-0.15, -0.1) is 0 Å². The Hall–Kier alpha value is -4.44. The Kier molecular flexibility index (Phi) is 13.4. The quantitative estimate of drug-likeness (QED) is 0.0880. The number of carbonyl (C=O) groups excluding carboxylic acids is 2. The molecular formula is C42H48N2O2. The van der Waals surface area contributed by atoms with Crippen LogP contribution in [0.5, 0.6) is 0 Å². The number of hydrogen-bond donors (Lipinski definition) is 0. The molecule has 4 aromatic carbocycles. The van der Waals surface area contributed by atoms with Crippen LogP contribution in [0.2, 0.25) is 0 Å². The van der Waals surface area contributed by atoms with Crippen LogP contribution in [0, 0.1) is 11.8 Å². The third-order valence-electron chi connectivity index (χ3n) is 8.76. The van der Waals surface area contributed by atoms with E-state index in [1.807, 2.05) is 36.4 Å². The Balaban J connectivity index is 1.33. The second-order valence-electron chi connectivity index (χ2n) is 12.3. The number of Topliss-reactive ketones (excluding diaryl/α,β-unsaturated/α-hetero) is 2. The Morgan fingerprint density at radius 3 is 1.13 bits per heavy atom. The molecule has 0 aliphatic heterocycles. The number of ketones is 2. The first-order valence-electron chi connectivity index (χ1n) is 16.9. The van der Waals surface area contributed by atoms with Gasteiger partial charge in [-0.1, -0.05) is 136 Å². The average molecular weight is 613 g/mol. The van der Waals surface area contributed by atoms with Gasteiger partial charge < -0.3 is 0 Å². The van der Waals surface area contributed by atoms with Crippen LogP contribution in [0.15, 0.2) is 119 Å². The standard InChI is InChI=1S/C42H48N2O2/c1-5-13-39(29-23-33-19-25-37(26-20-33)35-15-9-7-10-16-35)41(45)31(3)43-44-32(4)42(46)40(14-6-2)30-24-34-21-27-38(28-22-34)36-17-11-8-12-18-36/h7-12,15-22,25-28,39-40H,5-6,13-14,23-24,29-30H2,1-4H3/b43-31+,44-32+. The summed E-state index contributed by atoms with van der Waals surface area (Å²) in [4.78, 5) is 26.8. The average Bonchev–Trinajstić information content (AvgIpc) is 3.11. The van der Waals surface area contributed by atoms with Crippen molar-refractivity contribution in [2.75, 3.05) is 0 Å². The molecule has 0 aliphatic carbocycles. The summed E-state index contributed by atoms with van der Waals surface area (Å²) >= 11 is 0. The molecule has 0 saturated carbocycles. The van der Waals surface area contributed by atoms with E-state index in [0.717, 1.165) is 51.4 Å². The normalized spacial score (nSPS) is 13.3. The van der Waals surface area contributed by atoms with E-state index in [9.17, 15) is 9.59 Å². The van der Waals surface area contributed by atoms with E-state index in [1.165, 1.54) is 33.4 Å². The Bertz CT molecular complexity index is 1460. The van der Waals surface area contributed by atoms with Crippen LogP contribution in [0.1, 0.15) is 77.3 Å². The van der Waals surface area contributed by atoms with Crippen molar-refractivity contribution >= 4 is 23.0 Å². The number of nitrogens with zero attached hydrogens (tertiary/aromatic N) is 2.